The van der Waals surface area contributed by atoms with Crippen LogP contribution in [0.15, 0.2) is 23.1 Å². The lowest BCUT2D eigenvalue weighted by Crippen LogP contribution is -1.82. The van der Waals surface area contributed by atoms with Crippen molar-refractivity contribution in [2.75, 3.05) is 0 Å². The first-order valence-corrected chi connectivity index (χ1v) is 3.60. The van der Waals surface area contributed by atoms with Crippen LogP contribution in [0.5, 0.6) is 0 Å². The quantitative estimate of drug-likeness (QED) is 0.542. The van der Waals surface area contributed by atoms with Crippen molar-refractivity contribution in [3.05, 3.63) is 35.8 Å². The average Bonchev–Trinajstić information content (AvgIpc) is 2.48. The molecule has 12 heavy (non-hydrogen) atoms. The van der Waals surface area contributed by atoms with Crippen LogP contribution in [0.2, 0.25) is 0 Å². The fourth-order valence-corrected chi connectivity index (χ4v) is 0.994. The van der Waals surface area contributed by atoms with Gasteiger partial charge in [0.1, 0.15) is 12.4 Å². The number of hydrogen-bond acceptors (Lipinski definition) is 3. The van der Waals surface area contributed by atoms with Crippen molar-refractivity contribution in [2.24, 2.45) is 0 Å². The molecule has 0 saturated carbocycles. The van der Waals surface area contributed by atoms with Crippen molar-refractivity contribution in [1.82, 2.24) is 0 Å². The smallest absolute Gasteiger partial charge is 0.185 e. The lowest BCUT2D eigenvalue weighted by atomic mass is 10.2. The molecule has 0 aliphatic carbocycles. The number of carbonyl (C=O) groups excluding carboxylic acids is 1. The van der Waals surface area contributed by atoms with Gasteiger partial charge in [0.2, 0.25) is 0 Å². The highest BCUT2D eigenvalue weighted by Crippen LogP contribution is 2.14. The molecule has 0 bridgehead atoms. The van der Waals surface area contributed by atoms with E-state index in [9.17, 15) is 4.79 Å². The number of aliphatic hydroxyl groups excluding tert-OH is 1. The Bertz CT molecular complexity index is 286. The van der Waals surface area contributed by atoms with Crippen molar-refractivity contribution in [2.45, 2.75) is 13.0 Å². The number of rotatable bonds is 4. The molecule has 0 fully saturated rings. The van der Waals surface area contributed by atoms with E-state index >= 15 is 0 Å². The van der Waals surface area contributed by atoms with Crippen LogP contribution >= 0.6 is 0 Å². The van der Waals surface area contributed by atoms with E-state index in [0.29, 0.717) is 18.5 Å². The predicted molar refractivity (Wildman–Crippen MR) is 43.9 cm³/mol. The first kappa shape index (κ1) is 8.74. The van der Waals surface area contributed by atoms with E-state index < -0.39 is 0 Å². The van der Waals surface area contributed by atoms with E-state index in [2.05, 4.69) is 6.58 Å². The summed E-state index contributed by atoms with van der Waals surface area (Å²) in [6.45, 7) is 3.36. The van der Waals surface area contributed by atoms with Gasteiger partial charge in [0.25, 0.3) is 0 Å². The molecule has 0 unspecified atom stereocenters. The van der Waals surface area contributed by atoms with Crippen LogP contribution in [0.4, 0.5) is 0 Å². The second kappa shape index (κ2) is 3.88. The Balaban J connectivity index is 2.98. The second-order valence-corrected chi connectivity index (χ2v) is 2.37. The largest absolute Gasteiger partial charge is 0.456 e. The number of furan rings is 1. The van der Waals surface area contributed by atoms with E-state index in [1.165, 1.54) is 0 Å². The van der Waals surface area contributed by atoms with Crippen molar-refractivity contribution in [1.29, 1.82) is 0 Å². The third kappa shape index (κ3) is 1.62. The first-order chi connectivity index (χ1) is 5.81. The monoisotopic (exact) mass is 166 g/mol. The molecule has 0 aromatic carbocycles. The molecule has 1 aromatic heterocycles. The molecular weight excluding hydrogens is 156 g/mol. The first-order valence-electron chi connectivity index (χ1n) is 3.60. The van der Waals surface area contributed by atoms with E-state index in [0.717, 1.165) is 5.56 Å². The molecule has 0 spiro atoms. The van der Waals surface area contributed by atoms with Gasteiger partial charge in [0.05, 0.1) is 0 Å². The minimum Gasteiger partial charge on any atom is -0.456 e. The molecule has 0 aliphatic rings. The topological polar surface area (TPSA) is 50.4 Å². The van der Waals surface area contributed by atoms with Crippen molar-refractivity contribution in [3.63, 3.8) is 0 Å². The van der Waals surface area contributed by atoms with E-state index in [4.69, 9.17) is 9.52 Å². The highest BCUT2D eigenvalue weighted by molar-refractivity contribution is 5.73. The normalized spacial score (nSPS) is 9.75. The van der Waals surface area contributed by atoms with Crippen LogP contribution in [0.3, 0.4) is 0 Å². The van der Waals surface area contributed by atoms with Crippen molar-refractivity contribution < 1.29 is 14.3 Å². The SMILES string of the molecule is C=CCc1cc(CO)oc1C=O. The maximum Gasteiger partial charge on any atom is 0.185 e. The average molecular weight is 166 g/mol. The summed E-state index contributed by atoms with van der Waals surface area (Å²) in [6, 6.07) is 1.66. The van der Waals surface area contributed by atoms with Crippen LogP contribution in [0.25, 0.3) is 0 Å². The molecule has 1 heterocycles. The van der Waals surface area contributed by atoms with Crippen molar-refractivity contribution >= 4 is 6.29 Å². The van der Waals surface area contributed by atoms with Crippen LogP contribution in [0.1, 0.15) is 21.9 Å². The number of aldehydes is 1. The highest BCUT2D eigenvalue weighted by atomic mass is 16.4. The molecule has 0 atom stereocenters. The number of allylic oxidation sites excluding steroid dienone is 1. The summed E-state index contributed by atoms with van der Waals surface area (Å²) in [5.41, 5.74) is 0.768. The third-order valence-electron chi connectivity index (χ3n) is 1.52. The molecule has 64 valence electrons. The lowest BCUT2D eigenvalue weighted by molar-refractivity contribution is 0.109. The predicted octanol–water partition coefficient (Wildman–Crippen LogP) is 1.31. The summed E-state index contributed by atoms with van der Waals surface area (Å²) < 4.78 is 5.00. The Morgan fingerprint density at radius 2 is 2.42 bits per heavy atom. The fraction of sp³-hybridized carbons (Fsp3) is 0.222. The summed E-state index contributed by atoms with van der Waals surface area (Å²) >= 11 is 0. The Kier molecular flexibility index (Phi) is 2.82. The maximum absolute atomic E-state index is 10.4. The van der Waals surface area contributed by atoms with Crippen LogP contribution in [-0.2, 0) is 13.0 Å². The van der Waals surface area contributed by atoms with Gasteiger partial charge in [-0.05, 0) is 12.5 Å². The van der Waals surface area contributed by atoms with E-state index in [1.807, 2.05) is 0 Å². The number of carbonyl (C=O) groups is 1. The van der Waals surface area contributed by atoms with Gasteiger partial charge in [0.15, 0.2) is 12.0 Å². The van der Waals surface area contributed by atoms with Gasteiger partial charge in [-0.15, -0.1) is 6.58 Å². The summed E-state index contributed by atoms with van der Waals surface area (Å²) in [5.74, 6) is 0.688. The Morgan fingerprint density at radius 1 is 1.67 bits per heavy atom. The maximum atomic E-state index is 10.4. The van der Waals surface area contributed by atoms with Gasteiger partial charge >= 0.3 is 0 Å². The molecule has 3 heteroatoms. The van der Waals surface area contributed by atoms with Gasteiger partial charge in [-0.3, -0.25) is 4.79 Å². The third-order valence-corrected chi connectivity index (χ3v) is 1.52. The summed E-state index contributed by atoms with van der Waals surface area (Å²) in [5, 5.41) is 8.70. The van der Waals surface area contributed by atoms with Crippen LogP contribution < -0.4 is 0 Å². The zero-order chi connectivity index (χ0) is 8.97. The molecule has 0 saturated heterocycles. The minimum atomic E-state index is -0.183. The Labute approximate surface area is 70.3 Å². The highest BCUT2D eigenvalue weighted by Gasteiger charge is 2.07. The summed E-state index contributed by atoms with van der Waals surface area (Å²) in [4.78, 5) is 10.4. The van der Waals surface area contributed by atoms with Crippen LogP contribution in [0, 0.1) is 0 Å². The molecule has 0 radical (unpaired) electrons. The molecule has 0 amide bonds. The van der Waals surface area contributed by atoms with E-state index in [1.54, 1.807) is 12.1 Å². The van der Waals surface area contributed by atoms with Gasteiger partial charge in [0, 0.05) is 5.56 Å². The van der Waals surface area contributed by atoms with E-state index in [-0.39, 0.29) is 12.4 Å². The second-order valence-electron chi connectivity index (χ2n) is 2.37. The Hall–Kier alpha value is -1.35. The summed E-state index contributed by atoms with van der Waals surface area (Å²) in [7, 11) is 0. The molecule has 0 aliphatic heterocycles. The number of aliphatic hydroxyl groups is 1. The molecule has 3 nitrogen and oxygen atoms in total. The van der Waals surface area contributed by atoms with Gasteiger partial charge in [-0.1, -0.05) is 6.08 Å². The molecule has 1 rings (SSSR count). The van der Waals surface area contributed by atoms with Crippen LogP contribution in [-0.4, -0.2) is 11.4 Å². The Morgan fingerprint density at radius 3 is 2.92 bits per heavy atom. The van der Waals surface area contributed by atoms with Gasteiger partial charge in [-0.2, -0.15) is 0 Å². The molecule has 1 N–H and O–H groups in total. The van der Waals surface area contributed by atoms with Gasteiger partial charge < -0.3 is 9.52 Å². The van der Waals surface area contributed by atoms with Crippen molar-refractivity contribution in [3.8, 4) is 0 Å². The lowest BCUT2D eigenvalue weighted by Gasteiger charge is -1.87. The van der Waals surface area contributed by atoms with Gasteiger partial charge in [-0.25, -0.2) is 0 Å². The number of hydrogen-bond donors (Lipinski definition) is 1. The zero-order valence-corrected chi connectivity index (χ0v) is 6.62. The standard InChI is InChI=1S/C9H10O3/c1-2-3-7-4-8(5-10)12-9(7)6-11/h2,4,6,10H,1,3,5H2. The molecular formula is C9H10O3. The fourth-order valence-electron chi connectivity index (χ4n) is 0.994. The minimum absolute atomic E-state index is 0.183. The molecule has 1 aromatic rings. The zero-order valence-electron chi connectivity index (χ0n) is 6.62. The summed E-state index contributed by atoms with van der Waals surface area (Å²) in [6.07, 6.45) is 2.90.